The molecule has 0 atom stereocenters. The Bertz CT molecular complexity index is 525. The first-order chi connectivity index (χ1) is 12.5. The molecule has 0 aliphatic heterocycles. The maximum Gasteiger partial charge on any atom is 0.573 e. The Kier molecular flexibility index (Phi) is 8.53. The summed E-state index contributed by atoms with van der Waals surface area (Å²) >= 11 is 0. The van der Waals surface area contributed by atoms with Crippen LogP contribution in [-0.2, 0) is 6.42 Å². The predicted octanol–water partition coefficient (Wildman–Crippen LogP) is 7.46. The first-order valence-corrected chi connectivity index (χ1v) is 9.96. The third-order valence-corrected chi connectivity index (χ3v) is 5.33. The van der Waals surface area contributed by atoms with Crippen molar-refractivity contribution in [3.63, 3.8) is 0 Å². The number of unbranched alkanes of at least 4 members (excludes halogenated alkanes) is 2. The summed E-state index contributed by atoms with van der Waals surface area (Å²) in [5, 5.41) is 0. The van der Waals surface area contributed by atoms with E-state index in [2.05, 4.69) is 23.8 Å². The van der Waals surface area contributed by atoms with Crippen LogP contribution in [0.3, 0.4) is 0 Å². The Hall–Kier alpha value is -1.45. The van der Waals surface area contributed by atoms with E-state index in [0.717, 1.165) is 30.2 Å². The topological polar surface area (TPSA) is 9.23 Å². The maximum absolute atomic E-state index is 12.1. The molecular formula is C22H31F3O. The number of hydrogen-bond donors (Lipinski definition) is 0. The van der Waals surface area contributed by atoms with Gasteiger partial charge in [-0.05, 0) is 55.2 Å². The highest BCUT2D eigenvalue weighted by Crippen LogP contribution is 2.33. The molecule has 1 saturated carbocycles. The van der Waals surface area contributed by atoms with Gasteiger partial charge in [0.15, 0.2) is 0 Å². The molecule has 4 heteroatoms. The van der Waals surface area contributed by atoms with Crippen molar-refractivity contribution in [2.75, 3.05) is 0 Å². The van der Waals surface area contributed by atoms with E-state index in [1.807, 2.05) is 0 Å². The molecule has 1 nitrogen and oxygen atoms in total. The maximum atomic E-state index is 12.1. The van der Waals surface area contributed by atoms with E-state index in [0.29, 0.717) is 0 Å². The monoisotopic (exact) mass is 368 g/mol. The van der Waals surface area contributed by atoms with E-state index in [1.54, 1.807) is 12.1 Å². The Morgan fingerprint density at radius 1 is 0.962 bits per heavy atom. The van der Waals surface area contributed by atoms with Crippen LogP contribution in [0.25, 0.3) is 0 Å². The van der Waals surface area contributed by atoms with Crippen molar-refractivity contribution in [1.82, 2.24) is 0 Å². The predicted molar refractivity (Wildman–Crippen MR) is 100 cm³/mol. The van der Waals surface area contributed by atoms with Gasteiger partial charge in [0.2, 0.25) is 0 Å². The lowest BCUT2D eigenvalue weighted by atomic mass is 9.78. The summed E-state index contributed by atoms with van der Waals surface area (Å²) in [4.78, 5) is 0. The van der Waals surface area contributed by atoms with Crippen LogP contribution in [0.4, 0.5) is 13.2 Å². The Labute approximate surface area is 155 Å². The van der Waals surface area contributed by atoms with E-state index in [9.17, 15) is 13.2 Å². The number of ether oxygens (including phenoxy) is 1. The zero-order valence-electron chi connectivity index (χ0n) is 15.7. The fraction of sp³-hybridized carbons (Fsp3) is 0.636. The van der Waals surface area contributed by atoms with Gasteiger partial charge in [-0.25, -0.2) is 0 Å². The van der Waals surface area contributed by atoms with Gasteiger partial charge in [-0.15, -0.1) is 13.2 Å². The van der Waals surface area contributed by atoms with E-state index in [-0.39, 0.29) is 5.75 Å². The van der Waals surface area contributed by atoms with Crippen LogP contribution in [0.15, 0.2) is 36.4 Å². The molecule has 1 aromatic carbocycles. The summed E-state index contributed by atoms with van der Waals surface area (Å²) in [5.74, 6) is 1.58. The zero-order chi connectivity index (χ0) is 18.8. The first-order valence-electron chi connectivity index (χ1n) is 9.96. The number of rotatable bonds is 9. The number of hydrogen-bond acceptors (Lipinski definition) is 1. The SMILES string of the molecule is CCCCCC1CCC(C/C=C\Cc2ccc(OC(F)(F)F)cc2)CC1. The second-order valence-electron chi connectivity index (χ2n) is 7.49. The van der Waals surface area contributed by atoms with Crippen LogP contribution in [0.2, 0.25) is 0 Å². The van der Waals surface area contributed by atoms with E-state index < -0.39 is 6.36 Å². The molecule has 1 aromatic rings. The van der Waals surface area contributed by atoms with Gasteiger partial charge in [-0.3, -0.25) is 0 Å². The average molecular weight is 368 g/mol. The highest BCUT2D eigenvalue weighted by molar-refractivity contribution is 5.28. The minimum Gasteiger partial charge on any atom is -0.406 e. The summed E-state index contributed by atoms with van der Waals surface area (Å²) in [5.41, 5.74) is 0.996. The van der Waals surface area contributed by atoms with Crippen LogP contribution in [0, 0.1) is 11.8 Å². The van der Waals surface area contributed by atoms with Crippen LogP contribution < -0.4 is 4.74 Å². The van der Waals surface area contributed by atoms with Crippen LogP contribution >= 0.6 is 0 Å². The first kappa shape index (κ1) is 20.9. The van der Waals surface area contributed by atoms with Gasteiger partial charge in [-0.1, -0.05) is 69.7 Å². The van der Waals surface area contributed by atoms with E-state index in [1.165, 1.54) is 63.5 Å². The second-order valence-corrected chi connectivity index (χ2v) is 7.49. The summed E-state index contributed by atoms with van der Waals surface area (Å²) < 4.78 is 40.3. The molecule has 2 rings (SSSR count). The molecule has 0 N–H and O–H groups in total. The minimum absolute atomic E-state index is 0.166. The molecule has 1 aliphatic carbocycles. The largest absolute Gasteiger partial charge is 0.573 e. The van der Waals surface area contributed by atoms with Crippen LogP contribution in [-0.4, -0.2) is 6.36 Å². The van der Waals surface area contributed by atoms with Crippen LogP contribution in [0.5, 0.6) is 5.75 Å². The Morgan fingerprint density at radius 2 is 1.62 bits per heavy atom. The number of alkyl halides is 3. The zero-order valence-corrected chi connectivity index (χ0v) is 15.7. The van der Waals surface area contributed by atoms with Crippen molar-refractivity contribution in [1.29, 1.82) is 0 Å². The highest BCUT2D eigenvalue weighted by Gasteiger charge is 2.30. The van der Waals surface area contributed by atoms with E-state index >= 15 is 0 Å². The van der Waals surface area contributed by atoms with Crippen LogP contribution in [0.1, 0.15) is 70.3 Å². The molecule has 1 aliphatic rings. The summed E-state index contributed by atoms with van der Waals surface area (Å²) in [7, 11) is 0. The fourth-order valence-electron chi connectivity index (χ4n) is 3.77. The quantitative estimate of drug-likeness (QED) is 0.325. The van der Waals surface area contributed by atoms with Gasteiger partial charge in [0, 0.05) is 0 Å². The molecule has 0 spiro atoms. The molecule has 0 saturated heterocycles. The summed E-state index contributed by atoms with van der Waals surface area (Å²) in [6, 6.07) is 6.12. The smallest absolute Gasteiger partial charge is 0.406 e. The van der Waals surface area contributed by atoms with Crippen molar-refractivity contribution >= 4 is 0 Å². The standard InChI is InChI=1S/C22H31F3O/c1-2-3-4-7-18-10-12-19(13-11-18)8-5-6-9-20-14-16-21(17-15-20)26-22(23,24)25/h5-6,14-19H,2-4,7-13H2,1H3/b6-5-. The third-order valence-electron chi connectivity index (χ3n) is 5.33. The number of allylic oxidation sites excluding steroid dienone is 2. The van der Waals surface area contributed by atoms with Crippen molar-refractivity contribution in [2.24, 2.45) is 11.8 Å². The van der Waals surface area contributed by atoms with Crippen molar-refractivity contribution in [3.05, 3.63) is 42.0 Å². The normalized spacial score (nSPS) is 21.2. The average Bonchev–Trinajstić information content (AvgIpc) is 2.60. The van der Waals surface area contributed by atoms with Gasteiger partial charge < -0.3 is 4.74 Å². The molecule has 0 aromatic heterocycles. The molecule has 26 heavy (non-hydrogen) atoms. The lowest BCUT2D eigenvalue weighted by Crippen LogP contribution is -2.16. The molecule has 0 unspecified atom stereocenters. The lowest BCUT2D eigenvalue weighted by Gasteiger charge is -2.27. The molecular weight excluding hydrogens is 337 g/mol. The summed E-state index contributed by atoms with van der Waals surface area (Å²) in [6.07, 6.45) is 12.5. The molecule has 0 radical (unpaired) electrons. The lowest BCUT2D eigenvalue weighted by molar-refractivity contribution is -0.274. The van der Waals surface area contributed by atoms with Crippen molar-refractivity contribution in [2.45, 2.75) is 77.5 Å². The van der Waals surface area contributed by atoms with Gasteiger partial charge in [0.1, 0.15) is 5.75 Å². The minimum atomic E-state index is -4.63. The molecule has 0 amide bonds. The molecule has 0 bridgehead atoms. The van der Waals surface area contributed by atoms with Crippen molar-refractivity contribution < 1.29 is 17.9 Å². The van der Waals surface area contributed by atoms with E-state index in [4.69, 9.17) is 0 Å². The van der Waals surface area contributed by atoms with Gasteiger partial charge in [-0.2, -0.15) is 0 Å². The second kappa shape index (κ2) is 10.6. The fourth-order valence-corrected chi connectivity index (χ4v) is 3.77. The Balaban J connectivity index is 1.64. The van der Waals surface area contributed by atoms with Gasteiger partial charge in [0.05, 0.1) is 0 Å². The summed E-state index contributed by atoms with van der Waals surface area (Å²) in [6.45, 7) is 2.26. The third kappa shape index (κ3) is 8.29. The number of halogens is 3. The Morgan fingerprint density at radius 3 is 2.23 bits per heavy atom. The number of benzene rings is 1. The van der Waals surface area contributed by atoms with Crippen molar-refractivity contribution in [3.8, 4) is 5.75 Å². The molecule has 1 fully saturated rings. The highest BCUT2D eigenvalue weighted by atomic mass is 19.4. The van der Waals surface area contributed by atoms with Gasteiger partial charge >= 0.3 is 6.36 Å². The van der Waals surface area contributed by atoms with Gasteiger partial charge in [0.25, 0.3) is 0 Å². The molecule has 0 heterocycles. The molecule has 146 valence electrons.